The van der Waals surface area contributed by atoms with Crippen LogP contribution in [-0.2, 0) is 17.4 Å². The SMILES string of the molecule is O=C(NCCc1ccc(C(F)(F)F)cc1)[C@H](c1ccccc1)N1CCCCC1. The largest absolute Gasteiger partial charge is 0.416 e. The maximum atomic E-state index is 12.9. The number of likely N-dealkylation sites (tertiary alicyclic amines) is 1. The number of carbonyl (C=O) groups excluding carboxylic acids is 1. The number of alkyl halides is 3. The summed E-state index contributed by atoms with van der Waals surface area (Å²) in [6.45, 7) is 2.18. The molecular formula is C22H25F3N2O. The third kappa shape index (κ3) is 5.35. The van der Waals surface area contributed by atoms with Crippen LogP contribution in [0, 0.1) is 0 Å². The van der Waals surface area contributed by atoms with Gasteiger partial charge < -0.3 is 5.32 Å². The van der Waals surface area contributed by atoms with Gasteiger partial charge in [-0.15, -0.1) is 0 Å². The Bertz CT molecular complexity index is 754. The Hall–Kier alpha value is -2.34. The van der Waals surface area contributed by atoms with Crippen molar-refractivity contribution in [1.29, 1.82) is 0 Å². The first-order valence-electron chi connectivity index (χ1n) is 9.68. The van der Waals surface area contributed by atoms with Gasteiger partial charge in [0, 0.05) is 6.54 Å². The Kier molecular flexibility index (Phi) is 6.73. The molecule has 28 heavy (non-hydrogen) atoms. The van der Waals surface area contributed by atoms with Crippen LogP contribution >= 0.6 is 0 Å². The minimum atomic E-state index is -4.33. The molecule has 150 valence electrons. The summed E-state index contributed by atoms with van der Waals surface area (Å²) < 4.78 is 37.9. The zero-order valence-electron chi connectivity index (χ0n) is 15.7. The molecule has 2 aromatic rings. The molecule has 1 saturated heterocycles. The van der Waals surface area contributed by atoms with Gasteiger partial charge in [0.15, 0.2) is 0 Å². The van der Waals surface area contributed by atoms with E-state index in [9.17, 15) is 18.0 Å². The average molecular weight is 390 g/mol. The summed E-state index contributed by atoms with van der Waals surface area (Å²) in [4.78, 5) is 15.1. The number of halogens is 3. The molecule has 2 aromatic carbocycles. The van der Waals surface area contributed by atoms with Gasteiger partial charge in [0.1, 0.15) is 6.04 Å². The monoisotopic (exact) mass is 390 g/mol. The predicted octanol–water partition coefficient (Wildman–Crippen LogP) is 4.59. The Balaban J connectivity index is 1.60. The number of hydrogen-bond acceptors (Lipinski definition) is 2. The average Bonchev–Trinajstić information content (AvgIpc) is 2.70. The maximum Gasteiger partial charge on any atom is 0.416 e. The summed E-state index contributed by atoms with van der Waals surface area (Å²) >= 11 is 0. The molecule has 1 fully saturated rings. The summed E-state index contributed by atoms with van der Waals surface area (Å²) in [5, 5.41) is 2.97. The van der Waals surface area contributed by atoms with Crippen LogP contribution < -0.4 is 5.32 Å². The van der Waals surface area contributed by atoms with E-state index in [4.69, 9.17) is 0 Å². The molecule has 1 atom stereocenters. The van der Waals surface area contributed by atoms with Crippen molar-refractivity contribution in [3.63, 3.8) is 0 Å². The van der Waals surface area contributed by atoms with Gasteiger partial charge in [0.05, 0.1) is 5.56 Å². The maximum absolute atomic E-state index is 12.9. The standard InChI is InChI=1S/C22H25F3N2O/c23-22(24,25)19-11-9-17(10-12-19)13-14-26-21(28)20(18-7-3-1-4-8-18)27-15-5-2-6-16-27/h1,3-4,7-12,20H,2,5-6,13-16H2,(H,26,28)/t20-/m0/s1. The molecule has 0 aromatic heterocycles. The fourth-order valence-corrected chi connectivity index (χ4v) is 3.63. The first-order valence-corrected chi connectivity index (χ1v) is 9.68. The number of piperidine rings is 1. The quantitative estimate of drug-likeness (QED) is 0.782. The van der Waals surface area contributed by atoms with E-state index in [1.807, 2.05) is 30.3 Å². The van der Waals surface area contributed by atoms with E-state index in [0.29, 0.717) is 13.0 Å². The molecule has 1 heterocycles. The first-order chi connectivity index (χ1) is 13.4. The van der Waals surface area contributed by atoms with Crippen LogP contribution in [0.4, 0.5) is 13.2 Å². The summed E-state index contributed by atoms with van der Waals surface area (Å²) in [5.74, 6) is -0.0555. The van der Waals surface area contributed by atoms with E-state index in [-0.39, 0.29) is 11.9 Å². The Morgan fingerprint density at radius 2 is 1.61 bits per heavy atom. The number of nitrogens with zero attached hydrogens (tertiary/aromatic N) is 1. The highest BCUT2D eigenvalue weighted by molar-refractivity contribution is 5.83. The molecule has 0 unspecified atom stereocenters. The van der Waals surface area contributed by atoms with Gasteiger partial charge in [0.2, 0.25) is 5.91 Å². The van der Waals surface area contributed by atoms with Gasteiger partial charge in [-0.25, -0.2) is 0 Å². The topological polar surface area (TPSA) is 32.3 Å². The molecule has 6 heteroatoms. The van der Waals surface area contributed by atoms with Crippen molar-refractivity contribution >= 4 is 5.91 Å². The number of rotatable bonds is 6. The first kappa shape index (κ1) is 20.4. The molecule has 0 saturated carbocycles. The van der Waals surface area contributed by atoms with Gasteiger partial charge in [-0.05, 0) is 55.6 Å². The van der Waals surface area contributed by atoms with Gasteiger partial charge in [0.25, 0.3) is 0 Å². The van der Waals surface area contributed by atoms with Crippen LogP contribution in [0.3, 0.4) is 0 Å². The van der Waals surface area contributed by atoms with Crippen molar-refractivity contribution in [3.8, 4) is 0 Å². The normalized spacial score (nSPS) is 16.5. The minimum Gasteiger partial charge on any atom is -0.354 e. The van der Waals surface area contributed by atoms with Crippen LogP contribution in [0.5, 0.6) is 0 Å². The third-order valence-electron chi connectivity index (χ3n) is 5.11. The highest BCUT2D eigenvalue weighted by Gasteiger charge is 2.30. The lowest BCUT2D eigenvalue weighted by Crippen LogP contribution is -2.43. The summed E-state index contributed by atoms with van der Waals surface area (Å²) in [6, 6.07) is 14.5. The Morgan fingerprint density at radius 3 is 2.21 bits per heavy atom. The Labute approximate surface area is 163 Å². The van der Waals surface area contributed by atoms with E-state index in [1.54, 1.807) is 0 Å². The molecule has 3 nitrogen and oxygen atoms in total. The van der Waals surface area contributed by atoms with E-state index in [2.05, 4.69) is 10.2 Å². The van der Waals surface area contributed by atoms with Crippen molar-refractivity contribution in [2.45, 2.75) is 37.9 Å². The van der Waals surface area contributed by atoms with Gasteiger partial charge in [-0.3, -0.25) is 9.69 Å². The predicted molar refractivity (Wildman–Crippen MR) is 103 cm³/mol. The molecule has 3 rings (SSSR count). The van der Waals surface area contributed by atoms with Crippen molar-refractivity contribution in [1.82, 2.24) is 10.2 Å². The number of benzene rings is 2. The van der Waals surface area contributed by atoms with Crippen molar-refractivity contribution in [3.05, 3.63) is 71.3 Å². The minimum absolute atomic E-state index is 0.0555. The number of carbonyl (C=O) groups is 1. The second-order valence-electron chi connectivity index (χ2n) is 7.15. The van der Waals surface area contributed by atoms with Crippen molar-refractivity contribution < 1.29 is 18.0 Å². The van der Waals surface area contributed by atoms with Crippen LogP contribution in [-0.4, -0.2) is 30.4 Å². The second kappa shape index (κ2) is 9.24. The highest BCUT2D eigenvalue weighted by atomic mass is 19.4. The molecule has 1 aliphatic rings. The fraction of sp³-hybridized carbons (Fsp3) is 0.409. The number of amides is 1. The van der Waals surface area contributed by atoms with E-state index < -0.39 is 11.7 Å². The molecule has 0 aliphatic carbocycles. The van der Waals surface area contributed by atoms with Crippen LogP contribution in [0.2, 0.25) is 0 Å². The highest BCUT2D eigenvalue weighted by Crippen LogP contribution is 2.29. The zero-order valence-corrected chi connectivity index (χ0v) is 15.7. The number of nitrogens with one attached hydrogen (secondary N) is 1. The summed E-state index contributed by atoms with van der Waals surface area (Å²) in [6.07, 6.45) is -0.479. The van der Waals surface area contributed by atoms with Crippen molar-refractivity contribution in [2.75, 3.05) is 19.6 Å². The second-order valence-corrected chi connectivity index (χ2v) is 7.15. The molecule has 0 radical (unpaired) electrons. The molecular weight excluding hydrogens is 365 g/mol. The molecule has 0 spiro atoms. The van der Waals surface area contributed by atoms with Crippen LogP contribution in [0.15, 0.2) is 54.6 Å². The lowest BCUT2D eigenvalue weighted by molar-refractivity contribution is -0.137. The van der Waals surface area contributed by atoms with E-state index in [1.165, 1.54) is 18.6 Å². The lowest BCUT2D eigenvalue weighted by Gasteiger charge is -2.34. The van der Waals surface area contributed by atoms with Crippen molar-refractivity contribution in [2.24, 2.45) is 0 Å². The zero-order chi connectivity index (χ0) is 20.0. The molecule has 1 amide bonds. The van der Waals surface area contributed by atoms with E-state index >= 15 is 0 Å². The van der Waals surface area contributed by atoms with E-state index in [0.717, 1.165) is 49.2 Å². The third-order valence-corrected chi connectivity index (χ3v) is 5.11. The van der Waals surface area contributed by atoms with Gasteiger partial charge in [-0.2, -0.15) is 13.2 Å². The summed E-state index contributed by atoms with van der Waals surface area (Å²) in [5.41, 5.74) is 1.08. The van der Waals surface area contributed by atoms with Gasteiger partial charge in [-0.1, -0.05) is 48.9 Å². The molecule has 1 aliphatic heterocycles. The van der Waals surface area contributed by atoms with Crippen LogP contribution in [0.1, 0.15) is 42.0 Å². The van der Waals surface area contributed by atoms with Gasteiger partial charge >= 0.3 is 6.18 Å². The Morgan fingerprint density at radius 1 is 0.964 bits per heavy atom. The summed E-state index contributed by atoms with van der Waals surface area (Å²) in [7, 11) is 0. The lowest BCUT2D eigenvalue weighted by atomic mass is 10.0. The molecule has 0 bridgehead atoms. The van der Waals surface area contributed by atoms with Crippen LogP contribution in [0.25, 0.3) is 0 Å². The fourth-order valence-electron chi connectivity index (χ4n) is 3.63. The smallest absolute Gasteiger partial charge is 0.354 e. The molecule has 1 N–H and O–H groups in total. The number of hydrogen-bond donors (Lipinski definition) is 1.